The minimum Gasteiger partial charge on any atom is -0.434 e. The van der Waals surface area contributed by atoms with Gasteiger partial charge in [0.15, 0.2) is 5.16 Å². The van der Waals surface area contributed by atoms with Crippen molar-refractivity contribution in [1.29, 1.82) is 0 Å². The van der Waals surface area contributed by atoms with E-state index < -0.39 is 18.6 Å². The molecule has 8 nitrogen and oxygen atoms in total. The Morgan fingerprint density at radius 1 is 1.18 bits per heavy atom. The lowest BCUT2D eigenvalue weighted by molar-refractivity contribution is -0.113. The van der Waals surface area contributed by atoms with E-state index >= 15 is 0 Å². The molecule has 3 aromatic rings. The average Bonchev–Trinajstić information content (AvgIpc) is 3.21. The number of anilines is 1. The van der Waals surface area contributed by atoms with Crippen LogP contribution in [0, 0.1) is 0 Å². The molecule has 1 atom stereocenters. The topological polar surface area (TPSA) is 98.1 Å². The highest BCUT2D eigenvalue weighted by atomic mass is 32.2. The number of amides is 2. The number of thioether (sulfide) groups is 1. The molecule has 0 bridgehead atoms. The molecule has 11 heteroatoms. The largest absolute Gasteiger partial charge is 0.434 e. The highest BCUT2D eigenvalue weighted by Crippen LogP contribution is 2.29. The van der Waals surface area contributed by atoms with Gasteiger partial charge in [-0.25, -0.2) is 0 Å². The van der Waals surface area contributed by atoms with Gasteiger partial charge in [0.2, 0.25) is 5.91 Å². The van der Waals surface area contributed by atoms with Gasteiger partial charge >= 0.3 is 6.61 Å². The first kappa shape index (κ1) is 24.2. The predicted molar refractivity (Wildman–Crippen MR) is 120 cm³/mol. The van der Waals surface area contributed by atoms with Crippen LogP contribution in [0.3, 0.4) is 0 Å². The molecule has 0 saturated heterocycles. The molecule has 2 amide bonds. The summed E-state index contributed by atoms with van der Waals surface area (Å²) in [5, 5.41) is 13.9. The summed E-state index contributed by atoms with van der Waals surface area (Å²) >= 11 is 1.24. The lowest BCUT2D eigenvalue weighted by Gasteiger charge is -2.20. The van der Waals surface area contributed by atoms with Gasteiger partial charge in [-0.05, 0) is 30.7 Å². The fourth-order valence-corrected chi connectivity index (χ4v) is 3.77. The molecule has 1 unspecified atom stereocenters. The van der Waals surface area contributed by atoms with Crippen molar-refractivity contribution in [2.24, 2.45) is 7.05 Å². The molecule has 0 fully saturated rings. The lowest BCUT2D eigenvalue weighted by atomic mass is 10.0. The van der Waals surface area contributed by atoms with E-state index in [-0.39, 0.29) is 17.4 Å². The Labute approximate surface area is 193 Å². The van der Waals surface area contributed by atoms with Crippen LogP contribution in [0.25, 0.3) is 0 Å². The molecule has 0 saturated carbocycles. The molecule has 2 aromatic carbocycles. The number of benzene rings is 2. The van der Waals surface area contributed by atoms with Crippen molar-refractivity contribution in [3.63, 3.8) is 0 Å². The van der Waals surface area contributed by atoms with Crippen LogP contribution in [0.4, 0.5) is 14.5 Å². The molecule has 0 spiro atoms. The number of carbonyl (C=O) groups is 2. The molecule has 0 aliphatic heterocycles. The zero-order chi connectivity index (χ0) is 23.8. The van der Waals surface area contributed by atoms with Gasteiger partial charge in [-0.1, -0.05) is 43.0 Å². The third-order valence-corrected chi connectivity index (χ3v) is 5.67. The van der Waals surface area contributed by atoms with Gasteiger partial charge in [-0.15, -0.1) is 10.2 Å². The summed E-state index contributed by atoms with van der Waals surface area (Å²) in [6, 6.07) is 12.3. The summed E-state index contributed by atoms with van der Waals surface area (Å²) < 4.78 is 31.8. The Morgan fingerprint density at radius 2 is 1.97 bits per heavy atom. The van der Waals surface area contributed by atoms with Crippen LogP contribution in [-0.4, -0.2) is 38.9 Å². The van der Waals surface area contributed by atoms with Gasteiger partial charge in [0, 0.05) is 23.9 Å². The maximum Gasteiger partial charge on any atom is 0.387 e. The number of nitrogens with one attached hydrogen (secondary N) is 2. The fourth-order valence-electron chi connectivity index (χ4n) is 3.08. The van der Waals surface area contributed by atoms with Crippen LogP contribution < -0.4 is 15.4 Å². The van der Waals surface area contributed by atoms with Crippen LogP contribution >= 0.6 is 11.8 Å². The van der Waals surface area contributed by atoms with E-state index in [0.29, 0.717) is 28.4 Å². The monoisotopic (exact) mass is 475 g/mol. The van der Waals surface area contributed by atoms with E-state index in [4.69, 9.17) is 0 Å². The number of hydrogen-bond donors (Lipinski definition) is 2. The molecule has 0 aliphatic rings. The predicted octanol–water partition coefficient (Wildman–Crippen LogP) is 4.03. The molecule has 0 radical (unpaired) electrons. The molecule has 2 N–H and O–H groups in total. The van der Waals surface area contributed by atoms with E-state index in [9.17, 15) is 18.4 Å². The van der Waals surface area contributed by atoms with Gasteiger partial charge in [-0.2, -0.15) is 8.78 Å². The molecule has 0 aliphatic carbocycles. The first-order chi connectivity index (χ1) is 15.9. The van der Waals surface area contributed by atoms with Crippen molar-refractivity contribution in [2.45, 2.75) is 31.2 Å². The second-order valence-electron chi connectivity index (χ2n) is 6.99. The summed E-state index contributed by atoms with van der Waals surface area (Å²) in [7, 11) is 1.78. The fraction of sp³-hybridized carbons (Fsp3) is 0.273. The zero-order valence-corrected chi connectivity index (χ0v) is 18.8. The summed E-state index contributed by atoms with van der Waals surface area (Å²) in [6.07, 6.45) is 2.01. The molecule has 1 heterocycles. The molecule has 1 aromatic heterocycles. The van der Waals surface area contributed by atoms with Gasteiger partial charge in [-0.3, -0.25) is 9.59 Å². The molecule has 33 heavy (non-hydrogen) atoms. The van der Waals surface area contributed by atoms with Gasteiger partial charge in [0.1, 0.15) is 12.1 Å². The number of para-hydroxylation sites is 1. The number of aromatic nitrogens is 3. The third-order valence-electron chi connectivity index (χ3n) is 4.63. The van der Waals surface area contributed by atoms with E-state index in [1.807, 2.05) is 6.92 Å². The van der Waals surface area contributed by atoms with E-state index in [1.165, 1.54) is 17.8 Å². The molecular weight excluding hydrogens is 452 g/mol. The van der Waals surface area contributed by atoms with Crippen molar-refractivity contribution in [3.05, 3.63) is 66.0 Å². The Morgan fingerprint density at radius 3 is 2.67 bits per heavy atom. The number of ether oxygens (including phenoxy) is 1. The van der Waals surface area contributed by atoms with Crippen molar-refractivity contribution in [3.8, 4) is 5.75 Å². The number of nitrogens with zero attached hydrogens (tertiary/aromatic N) is 3. The molecule has 3 rings (SSSR count). The second-order valence-corrected chi connectivity index (χ2v) is 7.94. The number of rotatable bonds is 10. The van der Waals surface area contributed by atoms with Crippen LogP contribution in [-0.2, 0) is 11.8 Å². The second kappa shape index (κ2) is 11.4. The Bertz CT molecular complexity index is 1110. The lowest BCUT2D eigenvalue weighted by Crippen LogP contribution is -2.28. The van der Waals surface area contributed by atoms with Gasteiger partial charge < -0.3 is 19.9 Å². The highest BCUT2D eigenvalue weighted by Gasteiger charge is 2.20. The first-order valence-electron chi connectivity index (χ1n) is 10.1. The SMILES string of the molecule is CCC(NC(=O)c1cccc(NC(=O)CSc2nncn2C)c1)c1ccccc1OC(F)F. The van der Waals surface area contributed by atoms with Crippen LogP contribution in [0.5, 0.6) is 5.75 Å². The van der Waals surface area contributed by atoms with Crippen molar-refractivity contribution >= 4 is 29.3 Å². The minimum atomic E-state index is -2.97. The quantitative estimate of drug-likeness (QED) is 0.430. The average molecular weight is 476 g/mol. The normalized spacial score (nSPS) is 11.8. The summed E-state index contributed by atoms with van der Waals surface area (Å²) in [6.45, 7) is -1.14. The van der Waals surface area contributed by atoms with Gasteiger partial charge in [0.25, 0.3) is 5.91 Å². The van der Waals surface area contributed by atoms with Crippen LogP contribution in [0.2, 0.25) is 0 Å². The van der Waals surface area contributed by atoms with Crippen molar-refractivity contribution < 1.29 is 23.1 Å². The van der Waals surface area contributed by atoms with Crippen LogP contribution in [0.1, 0.15) is 35.3 Å². The highest BCUT2D eigenvalue weighted by molar-refractivity contribution is 7.99. The Kier molecular flexibility index (Phi) is 8.36. The third kappa shape index (κ3) is 6.75. The maximum absolute atomic E-state index is 12.8. The summed E-state index contributed by atoms with van der Waals surface area (Å²) in [5.41, 5.74) is 1.24. The number of halogens is 2. The van der Waals surface area contributed by atoms with Crippen LogP contribution in [0.15, 0.2) is 60.0 Å². The maximum atomic E-state index is 12.8. The van der Waals surface area contributed by atoms with E-state index in [2.05, 4.69) is 25.6 Å². The number of alkyl halides is 2. The first-order valence-corrected chi connectivity index (χ1v) is 11.1. The van der Waals surface area contributed by atoms with Crippen molar-refractivity contribution in [2.75, 3.05) is 11.1 Å². The number of aryl methyl sites for hydroxylation is 1. The standard InChI is InChI=1S/C22H23F2N5O3S/c1-3-17(16-9-4-5-10-18(16)32-21(23)24)27-20(31)14-7-6-8-15(11-14)26-19(30)12-33-22-28-25-13-29(22)2/h4-11,13,17,21H,3,12H2,1-2H3,(H,26,30)(H,27,31). The number of carbonyl (C=O) groups excluding carboxylic acids is 2. The Hall–Kier alpha value is -3.47. The number of hydrogen-bond acceptors (Lipinski definition) is 6. The Balaban J connectivity index is 1.65. The molecular formula is C22H23F2N5O3S. The summed E-state index contributed by atoms with van der Waals surface area (Å²) in [4.78, 5) is 25.1. The zero-order valence-electron chi connectivity index (χ0n) is 18.0. The smallest absolute Gasteiger partial charge is 0.387 e. The van der Waals surface area contributed by atoms with E-state index in [0.717, 1.165) is 0 Å². The van der Waals surface area contributed by atoms with Crippen molar-refractivity contribution in [1.82, 2.24) is 20.1 Å². The minimum absolute atomic E-state index is 0.0149. The van der Waals surface area contributed by atoms with Gasteiger partial charge in [0.05, 0.1) is 11.8 Å². The van der Waals surface area contributed by atoms with E-state index in [1.54, 1.807) is 60.4 Å². The molecule has 174 valence electrons. The summed E-state index contributed by atoms with van der Waals surface area (Å²) in [5.74, 6) is -0.522.